The van der Waals surface area contributed by atoms with E-state index in [4.69, 9.17) is 11.6 Å². The van der Waals surface area contributed by atoms with Crippen LogP contribution in [0.1, 0.15) is 12.8 Å². The van der Waals surface area contributed by atoms with Gasteiger partial charge in [-0.15, -0.1) is 0 Å². The molecule has 1 N–H and O–H groups in total. The first-order chi connectivity index (χ1) is 14.1. The topological polar surface area (TPSA) is 104 Å². The number of hydrogen-bond acceptors (Lipinski definition) is 5. The molecule has 1 fully saturated rings. The molecule has 11 heteroatoms. The normalized spacial score (nSPS) is 15.1. The molecule has 1 heterocycles. The highest BCUT2D eigenvalue weighted by molar-refractivity contribution is 7.92. The Hall–Kier alpha value is -2.14. The van der Waals surface area contributed by atoms with Crippen LogP contribution in [0.25, 0.3) is 0 Å². The van der Waals surface area contributed by atoms with Gasteiger partial charge in [-0.25, -0.2) is 16.8 Å². The van der Waals surface area contributed by atoms with Gasteiger partial charge in [0.05, 0.1) is 16.8 Å². The Morgan fingerprint density at radius 1 is 1.00 bits per heavy atom. The second kappa shape index (κ2) is 8.93. The predicted molar refractivity (Wildman–Crippen MR) is 117 cm³/mol. The zero-order chi connectivity index (χ0) is 21.9. The second-order valence-corrected chi connectivity index (χ2v) is 11.2. The van der Waals surface area contributed by atoms with E-state index in [1.54, 1.807) is 0 Å². The first kappa shape index (κ1) is 22.5. The minimum Gasteiger partial charge on any atom is -0.325 e. The number of anilines is 2. The molecule has 30 heavy (non-hydrogen) atoms. The molecule has 1 saturated heterocycles. The highest BCUT2D eigenvalue weighted by Gasteiger charge is 2.27. The maximum Gasteiger partial charge on any atom is 0.245 e. The lowest BCUT2D eigenvalue weighted by Crippen LogP contribution is -2.37. The molecule has 162 valence electrons. The van der Waals surface area contributed by atoms with Crippen molar-refractivity contribution >= 4 is 48.9 Å². The van der Waals surface area contributed by atoms with Crippen LogP contribution in [0.15, 0.2) is 53.4 Å². The van der Waals surface area contributed by atoms with Crippen LogP contribution in [0.3, 0.4) is 0 Å². The molecule has 0 radical (unpaired) electrons. The smallest absolute Gasteiger partial charge is 0.245 e. The van der Waals surface area contributed by atoms with Crippen molar-refractivity contribution in [3.05, 3.63) is 53.6 Å². The van der Waals surface area contributed by atoms with Gasteiger partial charge in [0.15, 0.2) is 0 Å². The standard InChI is InChI=1S/C19H22ClN3O5S2/c1-29(25,26)23(17-8-4-15(20)5-9-17)14-19(24)21-16-6-10-18(11-7-16)30(27,28)22-12-2-3-13-22/h4-11H,2-3,12-14H2,1H3,(H,21,24). The largest absolute Gasteiger partial charge is 0.325 e. The fourth-order valence-corrected chi connectivity index (χ4v) is 5.63. The third-order valence-electron chi connectivity index (χ3n) is 4.64. The molecule has 0 bridgehead atoms. The van der Waals surface area contributed by atoms with Gasteiger partial charge in [0.2, 0.25) is 26.0 Å². The minimum absolute atomic E-state index is 0.154. The van der Waals surface area contributed by atoms with Gasteiger partial charge in [0.25, 0.3) is 0 Å². The third-order valence-corrected chi connectivity index (χ3v) is 7.95. The molecule has 2 aromatic rings. The van der Waals surface area contributed by atoms with Crippen LogP contribution in [0.5, 0.6) is 0 Å². The molecular weight excluding hydrogens is 450 g/mol. The van der Waals surface area contributed by atoms with Crippen LogP contribution in [-0.4, -0.2) is 52.9 Å². The summed E-state index contributed by atoms with van der Waals surface area (Å²) in [5.74, 6) is -0.564. The van der Waals surface area contributed by atoms with E-state index in [1.807, 2.05) is 0 Å². The number of benzene rings is 2. The van der Waals surface area contributed by atoms with Crippen molar-refractivity contribution in [2.75, 3.05) is 35.5 Å². The molecule has 0 aromatic heterocycles. The van der Waals surface area contributed by atoms with Crippen LogP contribution in [-0.2, 0) is 24.8 Å². The molecule has 1 amide bonds. The Morgan fingerprint density at radius 3 is 2.10 bits per heavy atom. The van der Waals surface area contributed by atoms with Crippen molar-refractivity contribution in [3.8, 4) is 0 Å². The van der Waals surface area contributed by atoms with Crippen molar-refractivity contribution < 1.29 is 21.6 Å². The maximum atomic E-state index is 12.6. The zero-order valence-corrected chi connectivity index (χ0v) is 18.7. The van der Waals surface area contributed by atoms with E-state index in [9.17, 15) is 21.6 Å². The van der Waals surface area contributed by atoms with Gasteiger partial charge in [-0.05, 0) is 61.4 Å². The molecule has 0 aliphatic carbocycles. The van der Waals surface area contributed by atoms with Crippen LogP contribution in [0, 0.1) is 0 Å². The summed E-state index contributed by atoms with van der Waals surface area (Å²) in [5.41, 5.74) is 0.675. The molecule has 2 aromatic carbocycles. The number of nitrogens with one attached hydrogen (secondary N) is 1. The number of hydrogen-bond donors (Lipinski definition) is 1. The fraction of sp³-hybridized carbons (Fsp3) is 0.316. The lowest BCUT2D eigenvalue weighted by Gasteiger charge is -2.22. The summed E-state index contributed by atoms with van der Waals surface area (Å²) >= 11 is 5.84. The Balaban J connectivity index is 1.71. The molecule has 8 nitrogen and oxygen atoms in total. The Bertz CT molecular complexity index is 1110. The van der Waals surface area contributed by atoms with E-state index in [2.05, 4.69) is 5.32 Å². The average molecular weight is 472 g/mol. The number of carbonyl (C=O) groups is 1. The summed E-state index contributed by atoms with van der Waals surface area (Å²) in [6, 6.07) is 11.9. The van der Waals surface area contributed by atoms with Gasteiger partial charge in [-0.2, -0.15) is 4.31 Å². The minimum atomic E-state index is -3.71. The van der Waals surface area contributed by atoms with Gasteiger partial charge in [0.1, 0.15) is 6.54 Å². The monoisotopic (exact) mass is 471 g/mol. The summed E-state index contributed by atoms with van der Waals surface area (Å²) in [7, 11) is -7.25. The lowest BCUT2D eigenvalue weighted by molar-refractivity contribution is -0.114. The first-order valence-electron chi connectivity index (χ1n) is 9.21. The number of nitrogens with zero attached hydrogens (tertiary/aromatic N) is 2. The summed E-state index contributed by atoms with van der Waals surface area (Å²) in [6.07, 6.45) is 2.70. The van der Waals surface area contributed by atoms with Crippen molar-refractivity contribution in [2.24, 2.45) is 0 Å². The zero-order valence-electron chi connectivity index (χ0n) is 16.3. The van der Waals surface area contributed by atoms with Crippen LogP contribution >= 0.6 is 11.6 Å². The number of halogens is 1. The van der Waals surface area contributed by atoms with E-state index >= 15 is 0 Å². The van der Waals surface area contributed by atoms with Crippen molar-refractivity contribution in [2.45, 2.75) is 17.7 Å². The number of carbonyl (C=O) groups excluding carboxylic acids is 1. The number of rotatable bonds is 7. The third kappa shape index (κ3) is 5.31. The lowest BCUT2D eigenvalue weighted by atomic mass is 10.3. The van der Waals surface area contributed by atoms with Crippen LogP contribution in [0.2, 0.25) is 5.02 Å². The van der Waals surface area contributed by atoms with Gasteiger partial charge in [-0.3, -0.25) is 9.10 Å². The predicted octanol–water partition coefficient (Wildman–Crippen LogP) is 2.53. The Kier molecular flexibility index (Phi) is 6.71. The number of sulfonamides is 2. The molecule has 0 spiro atoms. The van der Waals surface area contributed by atoms with Gasteiger partial charge in [-0.1, -0.05) is 11.6 Å². The Labute approximate surface area is 181 Å². The Morgan fingerprint density at radius 2 is 1.57 bits per heavy atom. The molecule has 0 unspecified atom stereocenters. The molecule has 0 atom stereocenters. The summed E-state index contributed by atoms with van der Waals surface area (Å²) in [5, 5.41) is 3.04. The van der Waals surface area contributed by atoms with E-state index in [-0.39, 0.29) is 4.90 Å². The summed E-state index contributed by atoms with van der Waals surface area (Å²) in [6.45, 7) is 0.577. The van der Waals surface area contributed by atoms with E-state index in [1.165, 1.54) is 52.8 Å². The molecular formula is C19H22ClN3O5S2. The van der Waals surface area contributed by atoms with E-state index in [0.29, 0.717) is 29.5 Å². The van der Waals surface area contributed by atoms with E-state index in [0.717, 1.165) is 23.4 Å². The average Bonchev–Trinajstić information content (AvgIpc) is 3.22. The number of amides is 1. The van der Waals surface area contributed by atoms with Crippen molar-refractivity contribution in [1.29, 1.82) is 0 Å². The highest BCUT2D eigenvalue weighted by Crippen LogP contribution is 2.23. The second-order valence-electron chi connectivity index (χ2n) is 6.93. The van der Waals surface area contributed by atoms with E-state index < -0.39 is 32.5 Å². The maximum absolute atomic E-state index is 12.6. The highest BCUT2D eigenvalue weighted by atomic mass is 35.5. The first-order valence-corrected chi connectivity index (χ1v) is 12.9. The van der Waals surface area contributed by atoms with Crippen LogP contribution in [0.4, 0.5) is 11.4 Å². The van der Waals surface area contributed by atoms with Crippen LogP contribution < -0.4 is 9.62 Å². The summed E-state index contributed by atoms with van der Waals surface area (Å²) in [4.78, 5) is 12.6. The summed E-state index contributed by atoms with van der Waals surface area (Å²) < 4.78 is 51.8. The van der Waals surface area contributed by atoms with Gasteiger partial charge >= 0.3 is 0 Å². The van der Waals surface area contributed by atoms with Crippen molar-refractivity contribution in [1.82, 2.24) is 4.31 Å². The molecule has 1 aliphatic rings. The fourth-order valence-electron chi connectivity index (χ4n) is 3.13. The quantitative estimate of drug-likeness (QED) is 0.668. The van der Waals surface area contributed by atoms with Gasteiger partial charge in [0, 0.05) is 23.8 Å². The SMILES string of the molecule is CS(=O)(=O)N(CC(=O)Nc1ccc(S(=O)(=O)N2CCCC2)cc1)c1ccc(Cl)cc1. The van der Waals surface area contributed by atoms with Gasteiger partial charge < -0.3 is 5.32 Å². The molecule has 1 aliphatic heterocycles. The molecule has 0 saturated carbocycles. The molecule has 3 rings (SSSR count). The van der Waals surface area contributed by atoms with Crippen molar-refractivity contribution in [3.63, 3.8) is 0 Å².